The summed E-state index contributed by atoms with van der Waals surface area (Å²) in [7, 11) is 1.27. The second-order valence-electron chi connectivity index (χ2n) is 4.21. The average Bonchev–Trinajstić information content (AvgIpc) is 2.45. The predicted molar refractivity (Wildman–Crippen MR) is 73.7 cm³/mol. The maximum Gasteiger partial charge on any atom is 0.333 e. The van der Waals surface area contributed by atoms with Crippen molar-refractivity contribution in [3.8, 4) is 5.75 Å². The number of esters is 1. The molecule has 0 fully saturated rings. The van der Waals surface area contributed by atoms with Crippen molar-refractivity contribution in [1.29, 1.82) is 0 Å². The second-order valence-corrected chi connectivity index (χ2v) is 4.21. The van der Waals surface area contributed by atoms with Gasteiger partial charge >= 0.3 is 5.97 Å². The Bertz CT molecular complexity index is 583. The third-order valence-electron chi connectivity index (χ3n) is 2.84. The lowest BCUT2D eigenvalue weighted by Crippen LogP contribution is -2.06. The van der Waals surface area contributed by atoms with Crippen molar-refractivity contribution in [2.24, 2.45) is 0 Å². The van der Waals surface area contributed by atoms with E-state index in [-0.39, 0.29) is 18.0 Å². The van der Waals surface area contributed by atoms with Gasteiger partial charge in [-0.25, -0.2) is 9.18 Å². The zero-order valence-corrected chi connectivity index (χ0v) is 12.0. The van der Waals surface area contributed by atoms with E-state index < -0.39 is 16.7 Å². The molecular weight excluding hydrogens is 281 g/mol. The van der Waals surface area contributed by atoms with Gasteiger partial charge in [0.05, 0.1) is 18.1 Å². The number of halogens is 1. The third kappa shape index (κ3) is 4.27. The normalized spacial score (nSPS) is 11.1. The first-order chi connectivity index (χ1) is 9.90. The minimum Gasteiger partial charge on any atom is -0.486 e. The fourth-order valence-corrected chi connectivity index (χ4v) is 1.69. The van der Waals surface area contributed by atoms with Crippen molar-refractivity contribution < 1.29 is 23.6 Å². The highest BCUT2D eigenvalue weighted by atomic mass is 19.1. The van der Waals surface area contributed by atoms with Crippen LogP contribution in [0.1, 0.15) is 18.9 Å². The lowest BCUT2D eigenvalue weighted by molar-refractivity contribution is -0.385. The zero-order chi connectivity index (χ0) is 16.0. The Kier molecular flexibility index (Phi) is 5.83. The summed E-state index contributed by atoms with van der Waals surface area (Å²) in [5.41, 5.74) is 0.403. The van der Waals surface area contributed by atoms with Gasteiger partial charge in [0.1, 0.15) is 6.61 Å². The van der Waals surface area contributed by atoms with Gasteiger partial charge in [0.25, 0.3) is 5.69 Å². The van der Waals surface area contributed by atoms with Crippen LogP contribution in [-0.4, -0.2) is 24.6 Å². The van der Waals surface area contributed by atoms with Gasteiger partial charge in [0.2, 0.25) is 0 Å². The van der Waals surface area contributed by atoms with Crippen molar-refractivity contribution in [3.05, 3.63) is 45.3 Å². The first-order valence-corrected chi connectivity index (χ1v) is 6.25. The number of aryl methyl sites for hydroxylation is 1. The van der Waals surface area contributed by atoms with Crippen LogP contribution in [0.3, 0.4) is 0 Å². The number of nitrogens with zero attached hydrogens (tertiary/aromatic N) is 1. The molecule has 0 N–H and O–H groups in total. The number of benzene rings is 1. The number of hydrogen-bond acceptors (Lipinski definition) is 5. The highest BCUT2D eigenvalue weighted by molar-refractivity contribution is 5.88. The van der Waals surface area contributed by atoms with Crippen LogP contribution >= 0.6 is 0 Å². The van der Waals surface area contributed by atoms with Gasteiger partial charge in [0, 0.05) is 11.1 Å². The van der Waals surface area contributed by atoms with Gasteiger partial charge in [-0.1, -0.05) is 6.92 Å². The standard InChI is InChI=1S/C14H16FNO5/c1-4-10(14(17)20-3)5-6-21-13-7-9(2)12(16(18)19)8-11(13)15/h5,7-8H,4,6H2,1-3H3/b10-5-. The quantitative estimate of drug-likeness (QED) is 0.349. The molecule has 7 heteroatoms. The molecule has 1 aromatic carbocycles. The molecule has 0 aliphatic carbocycles. The van der Waals surface area contributed by atoms with E-state index in [1.54, 1.807) is 6.92 Å². The molecule has 0 radical (unpaired) electrons. The predicted octanol–water partition coefficient (Wildman–Crippen LogP) is 2.93. The van der Waals surface area contributed by atoms with Crippen molar-refractivity contribution >= 4 is 11.7 Å². The van der Waals surface area contributed by atoms with Crippen LogP contribution in [0.5, 0.6) is 5.75 Å². The van der Waals surface area contributed by atoms with Crippen molar-refractivity contribution in [2.45, 2.75) is 20.3 Å². The van der Waals surface area contributed by atoms with Gasteiger partial charge in [-0.05, 0) is 25.5 Å². The molecule has 0 spiro atoms. The van der Waals surface area contributed by atoms with E-state index in [2.05, 4.69) is 4.74 Å². The number of nitro benzene ring substituents is 1. The van der Waals surface area contributed by atoms with Gasteiger partial charge in [-0.2, -0.15) is 0 Å². The van der Waals surface area contributed by atoms with Crippen LogP contribution in [0.15, 0.2) is 23.8 Å². The fraction of sp³-hybridized carbons (Fsp3) is 0.357. The lowest BCUT2D eigenvalue weighted by Gasteiger charge is -2.07. The van der Waals surface area contributed by atoms with E-state index in [0.29, 0.717) is 17.6 Å². The van der Waals surface area contributed by atoms with E-state index in [0.717, 1.165) is 6.07 Å². The molecule has 114 valence electrons. The molecule has 0 aromatic heterocycles. The Morgan fingerprint density at radius 2 is 2.14 bits per heavy atom. The molecule has 1 aromatic rings. The highest BCUT2D eigenvalue weighted by Gasteiger charge is 2.16. The largest absolute Gasteiger partial charge is 0.486 e. The number of methoxy groups -OCH3 is 1. The van der Waals surface area contributed by atoms with Gasteiger partial charge in [-0.15, -0.1) is 0 Å². The van der Waals surface area contributed by atoms with Crippen LogP contribution in [0, 0.1) is 22.9 Å². The topological polar surface area (TPSA) is 78.7 Å². The highest BCUT2D eigenvalue weighted by Crippen LogP contribution is 2.27. The summed E-state index contributed by atoms with van der Waals surface area (Å²) in [5, 5.41) is 10.7. The Morgan fingerprint density at radius 3 is 2.67 bits per heavy atom. The van der Waals surface area contributed by atoms with E-state index in [4.69, 9.17) is 4.74 Å². The lowest BCUT2D eigenvalue weighted by atomic mass is 10.2. The Morgan fingerprint density at radius 1 is 1.48 bits per heavy atom. The summed E-state index contributed by atoms with van der Waals surface area (Å²) in [4.78, 5) is 21.3. The zero-order valence-electron chi connectivity index (χ0n) is 12.0. The summed E-state index contributed by atoms with van der Waals surface area (Å²) in [6.07, 6.45) is 1.94. The molecule has 21 heavy (non-hydrogen) atoms. The summed E-state index contributed by atoms with van der Waals surface area (Å²) in [6, 6.07) is 2.07. The smallest absolute Gasteiger partial charge is 0.333 e. The van der Waals surface area contributed by atoms with Crippen LogP contribution in [0.2, 0.25) is 0 Å². The van der Waals surface area contributed by atoms with Gasteiger partial charge in [-0.3, -0.25) is 10.1 Å². The minimum absolute atomic E-state index is 0.0353. The number of carbonyl (C=O) groups excluding carboxylic acids is 1. The number of nitro groups is 1. The second kappa shape index (κ2) is 7.37. The molecular formula is C14H16FNO5. The Labute approximate surface area is 121 Å². The Hall–Kier alpha value is -2.44. The third-order valence-corrected chi connectivity index (χ3v) is 2.84. The maximum absolute atomic E-state index is 13.7. The van der Waals surface area contributed by atoms with Crippen LogP contribution in [0.4, 0.5) is 10.1 Å². The summed E-state index contributed by atoms with van der Waals surface area (Å²) < 4.78 is 23.5. The monoisotopic (exact) mass is 297 g/mol. The van der Waals surface area contributed by atoms with Gasteiger partial charge < -0.3 is 9.47 Å². The molecule has 0 bridgehead atoms. The van der Waals surface area contributed by atoms with Gasteiger partial charge in [0.15, 0.2) is 11.6 Å². The molecule has 6 nitrogen and oxygen atoms in total. The molecule has 0 aliphatic heterocycles. The Balaban J connectivity index is 2.85. The average molecular weight is 297 g/mol. The molecule has 0 unspecified atom stereocenters. The summed E-state index contributed by atoms with van der Waals surface area (Å²) >= 11 is 0. The molecule has 0 aliphatic rings. The first kappa shape index (κ1) is 16.6. The van der Waals surface area contributed by atoms with Crippen molar-refractivity contribution in [3.63, 3.8) is 0 Å². The SMILES string of the molecule is CC/C(=C/COc1cc(C)c([N+](=O)[O-])cc1F)C(=O)OC. The maximum atomic E-state index is 13.7. The van der Waals surface area contributed by atoms with E-state index in [1.807, 2.05) is 0 Å². The molecule has 1 rings (SSSR count). The van der Waals surface area contributed by atoms with Crippen LogP contribution < -0.4 is 4.74 Å². The molecule has 0 heterocycles. The molecule has 0 saturated heterocycles. The van der Waals surface area contributed by atoms with E-state index >= 15 is 0 Å². The molecule has 0 amide bonds. The number of carbonyl (C=O) groups is 1. The van der Waals surface area contributed by atoms with E-state index in [9.17, 15) is 19.3 Å². The molecule has 0 saturated carbocycles. The summed E-state index contributed by atoms with van der Waals surface area (Å²) in [6.45, 7) is 3.23. The van der Waals surface area contributed by atoms with Crippen LogP contribution in [-0.2, 0) is 9.53 Å². The molecule has 0 atom stereocenters. The first-order valence-electron chi connectivity index (χ1n) is 6.25. The van der Waals surface area contributed by atoms with E-state index in [1.165, 1.54) is 26.2 Å². The number of rotatable bonds is 6. The summed E-state index contributed by atoms with van der Waals surface area (Å²) in [5.74, 6) is -1.40. The minimum atomic E-state index is -0.822. The van der Waals surface area contributed by atoms with Crippen molar-refractivity contribution in [2.75, 3.05) is 13.7 Å². The van der Waals surface area contributed by atoms with Crippen LogP contribution in [0.25, 0.3) is 0 Å². The van der Waals surface area contributed by atoms with Crippen molar-refractivity contribution in [1.82, 2.24) is 0 Å². The number of hydrogen-bond donors (Lipinski definition) is 0. The fourth-order valence-electron chi connectivity index (χ4n) is 1.69. The number of ether oxygens (including phenoxy) is 2.